The first-order valence-corrected chi connectivity index (χ1v) is 19.4. The highest BCUT2D eigenvalue weighted by Gasteiger charge is 2.21. The van der Waals surface area contributed by atoms with Crippen molar-refractivity contribution in [3.63, 3.8) is 0 Å². The van der Waals surface area contributed by atoms with E-state index in [9.17, 15) is 0 Å². The molecule has 0 unspecified atom stereocenters. The van der Waals surface area contributed by atoms with Crippen molar-refractivity contribution in [1.82, 2.24) is 0 Å². The van der Waals surface area contributed by atoms with Crippen LogP contribution in [0.1, 0.15) is 0 Å². The minimum atomic E-state index is 1.20. The lowest BCUT2D eigenvalue weighted by Gasteiger charge is -2.21. The van der Waals surface area contributed by atoms with E-state index >= 15 is 0 Å². The SMILES string of the molecule is c1ccc(-c2c(-c3ccccc3)c3c(-c4ccc(-c5c6ccccc6c(-c6ccc7ccccc7c6)c6ccccc56)cc4)cccc3c3ccccc23)cc1. The monoisotopic (exact) mass is 708 g/mol. The van der Waals surface area contributed by atoms with Crippen LogP contribution in [0.3, 0.4) is 0 Å². The normalized spacial score (nSPS) is 11.6. The highest BCUT2D eigenvalue weighted by atomic mass is 14.2. The van der Waals surface area contributed by atoms with Crippen molar-refractivity contribution in [2.75, 3.05) is 0 Å². The predicted molar refractivity (Wildman–Crippen MR) is 241 cm³/mol. The van der Waals surface area contributed by atoms with Crippen LogP contribution in [0.25, 0.3) is 109 Å². The molecule has 0 saturated carbocycles. The van der Waals surface area contributed by atoms with E-state index in [4.69, 9.17) is 0 Å². The van der Waals surface area contributed by atoms with Crippen LogP contribution in [0.4, 0.5) is 0 Å². The summed E-state index contributed by atoms with van der Waals surface area (Å²) in [5.74, 6) is 0. The largest absolute Gasteiger partial charge is 0.0622 e. The number of hydrogen-bond acceptors (Lipinski definition) is 0. The van der Waals surface area contributed by atoms with Gasteiger partial charge in [-0.3, -0.25) is 0 Å². The molecule has 0 saturated heterocycles. The molecule has 0 bridgehead atoms. The van der Waals surface area contributed by atoms with Gasteiger partial charge in [0, 0.05) is 0 Å². The van der Waals surface area contributed by atoms with Crippen LogP contribution in [0, 0.1) is 0 Å². The highest BCUT2D eigenvalue weighted by Crippen LogP contribution is 2.49. The van der Waals surface area contributed by atoms with Crippen molar-refractivity contribution in [1.29, 1.82) is 0 Å². The molecule has 0 atom stereocenters. The zero-order valence-corrected chi connectivity index (χ0v) is 30.8. The van der Waals surface area contributed by atoms with Gasteiger partial charge in [-0.1, -0.05) is 212 Å². The highest BCUT2D eigenvalue weighted by molar-refractivity contribution is 6.25. The Labute approximate surface area is 326 Å². The first-order valence-electron chi connectivity index (χ1n) is 19.4. The molecule has 0 aliphatic heterocycles. The van der Waals surface area contributed by atoms with Gasteiger partial charge in [0.05, 0.1) is 0 Å². The van der Waals surface area contributed by atoms with Crippen LogP contribution in [0.2, 0.25) is 0 Å². The van der Waals surface area contributed by atoms with Gasteiger partial charge in [-0.25, -0.2) is 0 Å². The Bertz CT molecular complexity index is 3210. The topological polar surface area (TPSA) is 0 Å². The van der Waals surface area contributed by atoms with Gasteiger partial charge in [-0.15, -0.1) is 0 Å². The molecular weight excluding hydrogens is 673 g/mol. The third-order valence-corrected chi connectivity index (χ3v) is 11.6. The van der Waals surface area contributed by atoms with Gasteiger partial charge in [0.1, 0.15) is 0 Å². The van der Waals surface area contributed by atoms with Gasteiger partial charge < -0.3 is 0 Å². The van der Waals surface area contributed by atoms with E-state index in [2.05, 4.69) is 218 Å². The zero-order chi connectivity index (χ0) is 37.0. The van der Waals surface area contributed by atoms with Crippen LogP contribution >= 0.6 is 0 Å². The molecule has 0 aliphatic carbocycles. The predicted octanol–water partition coefficient (Wildman–Crippen LogP) is 15.8. The summed E-state index contributed by atoms with van der Waals surface area (Å²) in [6.45, 7) is 0. The summed E-state index contributed by atoms with van der Waals surface area (Å²) in [5, 5.41) is 12.6. The van der Waals surface area contributed by atoms with E-state index in [-0.39, 0.29) is 0 Å². The smallest absolute Gasteiger partial charge is 0.00141 e. The average Bonchev–Trinajstić information content (AvgIpc) is 3.28. The van der Waals surface area contributed by atoms with Crippen LogP contribution in [-0.2, 0) is 0 Å². The van der Waals surface area contributed by atoms with E-state index < -0.39 is 0 Å². The Hall–Kier alpha value is -7.28. The summed E-state index contributed by atoms with van der Waals surface area (Å²) >= 11 is 0. The van der Waals surface area contributed by atoms with Crippen LogP contribution < -0.4 is 0 Å². The molecule has 56 heavy (non-hydrogen) atoms. The van der Waals surface area contributed by atoms with Crippen molar-refractivity contribution >= 4 is 53.9 Å². The molecule has 0 heteroatoms. The summed E-state index contributed by atoms with van der Waals surface area (Å²) in [6, 6.07) is 80.3. The second-order valence-corrected chi connectivity index (χ2v) is 14.7. The molecule has 0 heterocycles. The molecule has 0 amide bonds. The fourth-order valence-corrected chi connectivity index (χ4v) is 9.19. The van der Waals surface area contributed by atoms with Crippen LogP contribution in [-0.4, -0.2) is 0 Å². The van der Waals surface area contributed by atoms with Crippen molar-refractivity contribution in [2.24, 2.45) is 0 Å². The van der Waals surface area contributed by atoms with E-state index in [0.29, 0.717) is 0 Å². The third kappa shape index (κ3) is 5.15. The zero-order valence-electron chi connectivity index (χ0n) is 30.8. The molecule has 260 valence electrons. The van der Waals surface area contributed by atoms with E-state index in [1.165, 1.54) is 109 Å². The number of fused-ring (bicyclic) bond motifs is 6. The maximum absolute atomic E-state index is 2.35. The standard InChI is InChI=1S/C56H36/c1-3-17-39(18-4-1)54-46-23-10-9-22-45(46)47-29-15-28-44(56(47)55(54)40-19-5-2-6-20-40)38-31-33-41(34-32-38)52-48-24-11-13-26-50(48)53(51-27-14-12-25-49(51)52)43-35-30-37-16-7-8-21-42(37)36-43/h1-36H. The lowest BCUT2D eigenvalue weighted by Crippen LogP contribution is -1.94. The fraction of sp³-hybridized carbons (Fsp3) is 0. The number of hydrogen-bond donors (Lipinski definition) is 0. The van der Waals surface area contributed by atoms with E-state index in [1.54, 1.807) is 0 Å². The molecule has 0 spiro atoms. The minimum absolute atomic E-state index is 1.20. The summed E-state index contributed by atoms with van der Waals surface area (Å²) in [4.78, 5) is 0. The van der Waals surface area contributed by atoms with Gasteiger partial charge in [-0.2, -0.15) is 0 Å². The lowest BCUT2D eigenvalue weighted by atomic mass is 9.82. The summed E-state index contributed by atoms with van der Waals surface area (Å²) in [7, 11) is 0. The van der Waals surface area contributed by atoms with E-state index in [0.717, 1.165) is 0 Å². The number of benzene rings is 11. The summed E-state index contributed by atoms with van der Waals surface area (Å²) < 4.78 is 0. The lowest BCUT2D eigenvalue weighted by molar-refractivity contribution is 1.61. The Morgan fingerprint density at radius 2 is 0.607 bits per heavy atom. The number of rotatable bonds is 5. The summed E-state index contributed by atoms with van der Waals surface area (Å²) in [5.41, 5.74) is 12.4. The molecular formula is C56H36. The van der Waals surface area contributed by atoms with Gasteiger partial charge in [0.25, 0.3) is 0 Å². The molecule has 0 aliphatic rings. The quantitative estimate of drug-likeness (QED) is 0.123. The maximum Gasteiger partial charge on any atom is -0.00141 e. The Morgan fingerprint density at radius 3 is 1.21 bits per heavy atom. The molecule has 0 nitrogen and oxygen atoms in total. The second kappa shape index (κ2) is 13.2. The van der Waals surface area contributed by atoms with Crippen molar-refractivity contribution in [3.05, 3.63) is 218 Å². The maximum atomic E-state index is 2.35. The molecule has 0 fully saturated rings. The van der Waals surface area contributed by atoms with Crippen LogP contribution in [0.5, 0.6) is 0 Å². The minimum Gasteiger partial charge on any atom is -0.0622 e. The molecule has 11 rings (SSSR count). The van der Waals surface area contributed by atoms with Gasteiger partial charge in [0.2, 0.25) is 0 Å². The van der Waals surface area contributed by atoms with Crippen molar-refractivity contribution in [3.8, 4) is 55.6 Å². The van der Waals surface area contributed by atoms with Crippen molar-refractivity contribution in [2.45, 2.75) is 0 Å². The second-order valence-electron chi connectivity index (χ2n) is 14.7. The molecule has 0 N–H and O–H groups in total. The molecule has 0 aromatic heterocycles. The van der Waals surface area contributed by atoms with Gasteiger partial charge in [0.15, 0.2) is 0 Å². The average molecular weight is 709 g/mol. The molecule has 11 aromatic carbocycles. The van der Waals surface area contributed by atoms with E-state index in [1.807, 2.05) is 0 Å². The molecule has 0 radical (unpaired) electrons. The van der Waals surface area contributed by atoms with Crippen molar-refractivity contribution < 1.29 is 0 Å². The molecule has 11 aromatic rings. The summed E-state index contributed by atoms with van der Waals surface area (Å²) in [6.07, 6.45) is 0. The Balaban J connectivity index is 1.15. The first-order chi connectivity index (χ1) is 27.8. The van der Waals surface area contributed by atoms with Crippen LogP contribution in [0.15, 0.2) is 218 Å². The first kappa shape index (κ1) is 32.2. The Morgan fingerprint density at radius 1 is 0.196 bits per heavy atom. The third-order valence-electron chi connectivity index (χ3n) is 11.6. The fourth-order valence-electron chi connectivity index (χ4n) is 9.19. The van der Waals surface area contributed by atoms with Gasteiger partial charge in [-0.05, 0) is 116 Å². The Kier molecular flexibility index (Phi) is 7.60. The van der Waals surface area contributed by atoms with Gasteiger partial charge >= 0.3 is 0 Å².